The molecule has 3 heteroatoms. The number of hydrogen-bond donors (Lipinski definition) is 1. The summed E-state index contributed by atoms with van der Waals surface area (Å²) in [4.78, 5) is 6.23. The molecule has 0 saturated carbocycles. The smallest absolute Gasteiger partial charge is 0.183 e. The zero-order chi connectivity index (χ0) is 11.8. The van der Waals surface area contributed by atoms with Gasteiger partial charge in [0.25, 0.3) is 0 Å². The molecule has 16 heavy (non-hydrogen) atoms. The fourth-order valence-electron chi connectivity index (χ4n) is 2.17. The highest BCUT2D eigenvalue weighted by Gasteiger charge is 2.22. The lowest BCUT2D eigenvalue weighted by Gasteiger charge is -2.19. The monoisotopic (exact) mass is 238 g/mol. The average molecular weight is 238 g/mol. The Morgan fingerprint density at radius 2 is 2.19 bits per heavy atom. The van der Waals surface area contributed by atoms with Crippen LogP contribution in [-0.4, -0.2) is 10.5 Å². The Labute approximate surface area is 102 Å². The van der Waals surface area contributed by atoms with Crippen molar-refractivity contribution < 1.29 is 0 Å². The van der Waals surface area contributed by atoms with Crippen LogP contribution in [0.4, 0.5) is 5.13 Å². The number of rotatable bonds is 2. The van der Waals surface area contributed by atoms with E-state index < -0.39 is 0 Å². The summed E-state index contributed by atoms with van der Waals surface area (Å²) < 4.78 is 0. The van der Waals surface area contributed by atoms with E-state index in [9.17, 15) is 0 Å². The lowest BCUT2D eigenvalue weighted by molar-refractivity contribution is 0.446. The van der Waals surface area contributed by atoms with Crippen LogP contribution in [0.2, 0.25) is 0 Å². The average Bonchev–Trinajstić information content (AvgIpc) is 2.55. The van der Waals surface area contributed by atoms with E-state index in [1.54, 1.807) is 0 Å². The molecule has 1 N–H and O–H groups in total. The van der Waals surface area contributed by atoms with Crippen LogP contribution in [0.5, 0.6) is 0 Å². The Morgan fingerprint density at radius 1 is 1.44 bits per heavy atom. The maximum Gasteiger partial charge on any atom is 0.183 e. The van der Waals surface area contributed by atoms with E-state index >= 15 is 0 Å². The molecule has 1 aliphatic carbocycles. The van der Waals surface area contributed by atoms with Gasteiger partial charge in [0.1, 0.15) is 0 Å². The van der Waals surface area contributed by atoms with E-state index in [0.717, 1.165) is 11.0 Å². The highest BCUT2D eigenvalue weighted by Crippen LogP contribution is 2.34. The van der Waals surface area contributed by atoms with E-state index in [2.05, 4.69) is 33.0 Å². The molecule has 0 spiro atoms. The molecular formula is C13H22N2S. The Balaban J connectivity index is 2.12. The first kappa shape index (κ1) is 11.9. The van der Waals surface area contributed by atoms with Crippen LogP contribution in [0.1, 0.15) is 51.1 Å². The summed E-state index contributed by atoms with van der Waals surface area (Å²) in [6.07, 6.45) is 5.05. The Hall–Kier alpha value is -0.570. The van der Waals surface area contributed by atoms with Crippen LogP contribution in [-0.2, 0) is 12.8 Å². The predicted molar refractivity (Wildman–Crippen MR) is 71.3 cm³/mol. The third kappa shape index (κ3) is 2.76. The van der Waals surface area contributed by atoms with Gasteiger partial charge in [0.15, 0.2) is 5.13 Å². The van der Waals surface area contributed by atoms with Gasteiger partial charge in [0, 0.05) is 10.4 Å². The molecule has 0 fully saturated rings. The second-order valence-corrected chi connectivity index (χ2v) is 6.86. The summed E-state index contributed by atoms with van der Waals surface area (Å²) in [7, 11) is 0. The van der Waals surface area contributed by atoms with Gasteiger partial charge in [-0.15, -0.1) is 11.3 Å². The molecule has 1 heterocycles. The largest absolute Gasteiger partial charge is 0.357 e. The third-order valence-corrected chi connectivity index (χ3v) is 4.14. The maximum atomic E-state index is 4.71. The molecule has 1 aromatic heterocycles. The first-order valence-electron chi connectivity index (χ1n) is 6.24. The van der Waals surface area contributed by atoms with Gasteiger partial charge in [0.05, 0.1) is 5.69 Å². The Kier molecular flexibility index (Phi) is 3.24. The highest BCUT2D eigenvalue weighted by atomic mass is 32.1. The zero-order valence-electron chi connectivity index (χ0n) is 10.8. The number of nitrogens with one attached hydrogen (secondary N) is 1. The number of fused-ring (bicyclic) bond motifs is 1. The van der Waals surface area contributed by atoms with Crippen molar-refractivity contribution in [3.05, 3.63) is 10.6 Å². The summed E-state index contributed by atoms with van der Waals surface area (Å²) in [5, 5.41) is 4.58. The summed E-state index contributed by atoms with van der Waals surface area (Å²) in [6, 6.07) is 0. The van der Waals surface area contributed by atoms with E-state index in [1.165, 1.54) is 36.3 Å². The summed E-state index contributed by atoms with van der Waals surface area (Å²) in [5.41, 5.74) is 1.46. The number of nitrogens with zero attached hydrogens (tertiary/aromatic N) is 1. The molecule has 0 amide bonds. The molecular weight excluding hydrogens is 216 g/mol. The minimum absolute atomic E-state index is 0.116. The normalized spacial score (nSPS) is 20.6. The van der Waals surface area contributed by atoms with Crippen LogP contribution < -0.4 is 5.32 Å². The second kappa shape index (κ2) is 4.36. The van der Waals surface area contributed by atoms with E-state index in [4.69, 9.17) is 4.98 Å². The van der Waals surface area contributed by atoms with E-state index in [-0.39, 0.29) is 5.54 Å². The van der Waals surface area contributed by atoms with Crippen LogP contribution >= 0.6 is 11.3 Å². The van der Waals surface area contributed by atoms with Gasteiger partial charge >= 0.3 is 0 Å². The molecule has 2 rings (SSSR count). The summed E-state index contributed by atoms with van der Waals surface area (Å²) in [6.45, 7) is 8.84. The first-order valence-corrected chi connectivity index (χ1v) is 7.06. The Bertz CT molecular complexity index is 362. The van der Waals surface area contributed by atoms with Crippen molar-refractivity contribution in [2.45, 2.75) is 58.9 Å². The number of aryl methyl sites for hydroxylation is 1. The number of hydrogen-bond acceptors (Lipinski definition) is 3. The molecule has 0 saturated heterocycles. The lowest BCUT2D eigenvalue weighted by atomic mass is 9.89. The minimum Gasteiger partial charge on any atom is -0.357 e. The third-order valence-electron chi connectivity index (χ3n) is 3.10. The fraction of sp³-hybridized carbons (Fsp3) is 0.769. The van der Waals surface area contributed by atoms with E-state index in [1.807, 2.05) is 11.3 Å². The van der Waals surface area contributed by atoms with Crippen LogP contribution in [0.25, 0.3) is 0 Å². The highest BCUT2D eigenvalue weighted by molar-refractivity contribution is 7.15. The first-order chi connectivity index (χ1) is 7.48. The van der Waals surface area contributed by atoms with Crippen LogP contribution in [0, 0.1) is 5.92 Å². The molecule has 1 unspecified atom stereocenters. The van der Waals surface area contributed by atoms with Crippen molar-refractivity contribution in [2.75, 3.05) is 5.32 Å². The van der Waals surface area contributed by atoms with Crippen molar-refractivity contribution in [1.82, 2.24) is 4.98 Å². The maximum absolute atomic E-state index is 4.71. The van der Waals surface area contributed by atoms with Crippen molar-refractivity contribution in [2.24, 2.45) is 5.92 Å². The standard InChI is InChI=1S/C13H22N2S/c1-5-9-6-7-10-11(8-9)16-12(14-10)15-13(2,3)4/h9H,5-8H2,1-4H3,(H,14,15). The zero-order valence-corrected chi connectivity index (χ0v) is 11.6. The van der Waals surface area contributed by atoms with Gasteiger partial charge in [-0.25, -0.2) is 4.98 Å². The summed E-state index contributed by atoms with van der Waals surface area (Å²) >= 11 is 1.86. The minimum atomic E-state index is 0.116. The van der Waals surface area contributed by atoms with Gasteiger partial charge in [-0.3, -0.25) is 0 Å². The molecule has 0 bridgehead atoms. The van der Waals surface area contributed by atoms with Gasteiger partial charge in [0.2, 0.25) is 0 Å². The summed E-state index contributed by atoms with van der Waals surface area (Å²) in [5.74, 6) is 0.885. The lowest BCUT2D eigenvalue weighted by Crippen LogP contribution is -2.25. The molecule has 90 valence electrons. The van der Waals surface area contributed by atoms with E-state index in [0.29, 0.717) is 0 Å². The molecule has 2 nitrogen and oxygen atoms in total. The number of thiazole rings is 1. The fourth-order valence-corrected chi connectivity index (χ4v) is 3.50. The van der Waals surface area contributed by atoms with Crippen molar-refractivity contribution in [1.29, 1.82) is 0 Å². The van der Waals surface area contributed by atoms with Gasteiger partial charge in [-0.2, -0.15) is 0 Å². The Morgan fingerprint density at radius 3 is 2.81 bits per heavy atom. The van der Waals surface area contributed by atoms with Crippen molar-refractivity contribution in [3.8, 4) is 0 Å². The van der Waals surface area contributed by atoms with Gasteiger partial charge in [-0.1, -0.05) is 13.3 Å². The number of anilines is 1. The van der Waals surface area contributed by atoms with Gasteiger partial charge in [-0.05, 0) is 46.0 Å². The van der Waals surface area contributed by atoms with Crippen molar-refractivity contribution >= 4 is 16.5 Å². The number of aromatic nitrogens is 1. The van der Waals surface area contributed by atoms with Gasteiger partial charge < -0.3 is 5.32 Å². The topological polar surface area (TPSA) is 24.9 Å². The molecule has 0 aliphatic heterocycles. The predicted octanol–water partition coefficient (Wildman–Crippen LogP) is 3.87. The molecule has 1 atom stereocenters. The molecule has 0 radical (unpaired) electrons. The molecule has 1 aliphatic rings. The second-order valence-electron chi connectivity index (χ2n) is 5.78. The molecule has 1 aromatic rings. The van der Waals surface area contributed by atoms with Crippen molar-refractivity contribution in [3.63, 3.8) is 0 Å². The van der Waals surface area contributed by atoms with Crippen LogP contribution in [0.15, 0.2) is 0 Å². The SMILES string of the molecule is CCC1CCc2nc(NC(C)(C)C)sc2C1. The van der Waals surface area contributed by atoms with Crippen LogP contribution in [0.3, 0.4) is 0 Å². The quantitative estimate of drug-likeness (QED) is 0.846. The molecule has 0 aromatic carbocycles.